The highest BCUT2D eigenvalue weighted by molar-refractivity contribution is 5.84. The largest absolute Gasteiger partial charge is 0.383 e. The molecule has 0 aliphatic carbocycles. The smallest absolute Gasteiger partial charge is 0.165 e. The van der Waals surface area contributed by atoms with Crippen LogP contribution in [0.15, 0.2) is 79.1 Å². The van der Waals surface area contributed by atoms with Crippen molar-refractivity contribution in [2.24, 2.45) is 5.73 Å². The summed E-state index contributed by atoms with van der Waals surface area (Å²) in [7, 11) is 0. The Morgan fingerprint density at radius 2 is 1.60 bits per heavy atom. The van der Waals surface area contributed by atoms with Crippen LogP contribution in [-0.2, 0) is 6.54 Å². The van der Waals surface area contributed by atoms with Gasteiger partial charge in [-0.2, -0.15) is 0 Å². The highest BCUT2D eigenvalue weighted by atomic mass is 15.1. The number of nitrogens with zero attached hydrogens (tertiary/aromatic N) is 5. The minimum Gasteiger partial charge on any atom is -0.383 e. The number of pyridine rings is 3. The van der Waals surface area contributed by atoms with E-state index in [-0.39, 0.29) is 0 Å². The number of imidazole rings is 1. The molecule has 1 aromatic carbocycles. The fraction of sp³-hybridized carbons (Fsp3) is 0.0435. The lowest BCUT2D eigenvalue weighted by Crippen LogP contribution is -2.03. The van der Waals surface area contributed by atoms with Crippen molar-refractivity contribution in [3.63, 3.8) is 0 Å². The molecule has 0 aliphatic heterocycles. The van der Waals surface area contributed by atoms with Gasteiger partial charge < -0.3 is 11.5 Å². The Morgan fingerprint density at radius 1 is 0.767 bits per heavy atom. The first kappa shape index (κ1) is 18.0. The summed E-state index contributed by atoms with van der Waals surface area (Å²) in [5.74, 6) is 1.10. The third-order valence-electron chi connectivity index (χ3n) is 4.94. The molecule has 0 saturated carbocycles. The number of hydrogen-bond acceptors (Lipinski definition) is 6. The Hall–Kier alpha value is -4.10. The molecule has 0 atom stereocenters. The van der Waals surface area contributed by atoms with E-state index in [4.69, 9.17) is 21.4 Å². The minimum absolute atomic E-state index is 0.414. The molecule has 4 heterocycles. The number of nitrogens with two attached hydrogens (primary N) is 2. The summed E-state index contributed by atoms with van der Waals surface area (Å²) >= 11 is 0. The molecule has 4 N–H and O–H groups in total. The highest BCUT2D eigenvalue weighted by Crippen LogP contribution is 2.31. The molecular formula is C23H19N7. The normalized spacial score (nSPS) is 11.1. The van der Waals surface area contributed by atoms with Crippen LogP contribution in [0, 0.1) is 0 Å². The van der Waals surface area contributed by atoms with Crippen LogP contribution in [0.4, 0.5) is 5.82 Å². The van der Waals surface area contributed by atoms with Crippen LogP contribution in [0.2, 0.25) is 0 Å². The first-order valence-electron chi connectivity index (χ1n) is 9.56. The van der Waals surface area contributed by atoms with Gasteiger partial charge in [-0.15, -0.1) is 0 Å². The quantitative estimate of drug-likeness (QED) is 0.483. The molecule has 30 heavy (non-hydrogen) atoms. The number of benzene rings is 1. The Balaban J connectivity index is 1.79. The van der Waals surface area contributed by atoms with Crippen molar-refractivity contribution in [2.75, 3.05) is 5.73 Å². The molecule has 7 nitrogen and oxygen atoms in total. The van der Waals surface area contributed by atoms with Crippen LogP contribution in [0.3, 0.4) is 0 Å². The van der Waals surface area contributed by atoms with Crippen LogP contribution in [-0.4, -0.2) is 24.5 Å². The fourth-order valence-electron chi connectivity index (χ4n) is 3.43. The standard InChI is InChI=1S/C23H19N7/c24-14-15-6-8-16(9-7-15)30-22(17-4-3-13-27-21(17)25)29-20-11-10-19(28-23(20)30)18-5-1-2-12-26-18/h1-13H,14,24H2,(H2,25,27). The topological polar surface area (TPSA) is 109 Å². The molecule has 0 saturated heterocycles. The lowest BCUT2D eigenvalue weighted by Gasteiger charge is -2.11. The number of hydrogen-bond donors (Lipinski definition) is 2. The van der Waals surface area contributed by atoms with Gasteiger partial charge in [0.1, 0.15) is 11.3 Å². The first-order chi connectivity index (χ1) is 14.7. The van der Waals surface area contributed by atoms with Gasteiger partial charge in [0.25, 0.3) is 0 Å². The molecule has 4 aromatic heterocycles. The number of fused-ring (bicyclic) bond motifs is 1. The number of anilines is 1. The van der Waals surface area contributed by atoms with Gasteiger partial charge in [-0.05, 0) is 54.1 Å². The van der Waals surface area contributed by atoms with E-state index in [2.05, 4.69) is 9.97 Å². The van der Waals surface area contributed by atoms with Crippen LogP contribution in [0.5, 0.6) is 0 Å². The first-order valence-corrected chi connectivity index (χ1v) is 9.56. The summed E-state index contributed by atoms with van der Waals surface area (Å²) in [5, 5.41) is 0. The van der Waals surface area contributed by atoms with Crippen molar-refractivity contribution in [2.45, 2.75) is 6.54 Å². The van der Waals surface area contributed by atoms with E-state index >= 15 is 0 Å². The van der Waals surface area contributed by atoms with Gasteiger partial charge in [0.05, 0.1) is 17.0 Å². The van der Waals surface area contributed by atoms with Gasteiger partial charge in [0.2, 0.25) is 0 Å². The molecule has 0 unspecified atom stereocenters. The molecule has 0 aliphatic rings. The Bertz CT molecular complexity index is 1330. The maximum absolute atomic E-state index is 6.18. The lowest BCUT2D eigenvalue weighted by atomic mass is 10.2. The Labute approximate surface area is 173 Å². The zero-order valence-electron chi connectivity index (χ0n) is 16.1. The highest BCUT2D eigenvalue weighted by Gasteiger charge is 2.18. The maximum atomic E-state index is 6.18. The van der Waals surface area contributed by atoms with Gasteiger partial charge in [0, 0.05) is 24.6 Å². The zero-order chi connectivity index (χ0) is 20.5. The van der Waals surface area contributed by atoms with E-state index in [9.17, 15) is 0 Å². The summed E-state index contributed by atoms with van der Waals surface area (Å²) in [6, 6.07) is 21.4. The van der Waals surface area contributed by atoms with Crippen LogP contribution in [0.25, 0.3) is 39.6 Å². The summed E-state index contributed by atoms with van der Waals surface area (Å²) < 4.78 is 2.00. The van der Waals surface area contributed by atoms with Crippen molar-refractivity contribution < 1.29 is 0 Å². The summed E-state index contributed by atoms with van der Waals surface area (Å²) in [6.07, 6.45) is 3.42. The van der Waals surface area contributed by atoms with Gasteiger partial charge in [0.15, 0.2) is 11.5 Å². The molecule has 0 radical (unpaired) electrons. The second kappa shape index (κ2) is 7.38. The van der Waals surface area contributed by atoms with E-state index in [0.29, 0.717) is 18.2 Å². The van der Waals surface area contributed by atoms with Crippen LogP contribution >= 0.6 is 0 Å². The summed E-state index contributed by atoms with van der Waals surface area (Å²) in [5.41, 5.74) is 17.7. The molecule has 7 heteroatoms. The van der Waals surface area contributed by atoms with Crippen LogP contribution < -0.4 is 11.5 Å². The monoisotopic (exact) mass is 393 g/mol. The molecule has 0 amide bonds. The second-order valence-electron chi connectivity index (χ2n) is 6.83. The maximum Gasteiger partial charge on any atom is 0.165 e. The number of nitrogen functional groups attached to an aromatic ring is 1. The van der Waals surface area contributed by atoms with E-state index in [1.54, 1.807) is 12.4 Å². The fourth-order valence-corrected chi connectivity index (χ4v) is 3.43. The molecule has 0 spiro atoms. The molecule has 5 aromatic rings. The molecule has 0 fully saturated rings. The van der Waals surface area contributed by atoms with E-state index in [1.165, 1.54) is 0 Å². The van der Waals surface area contributed by atoms with Gasteiger partial charge in [-0.25, -0.2) is 15.0 Å². The number of aromatic nitrogens is 5. The van der Waals surface area contributed by atoms with Crippen molar-refractivity contribution in [1.82, 2.24) is 24.5 Å². The third-order valence-corrected chi connectivity index (χ3v) is 4.94. The van der Waals surface area contributed by atoms with E-state index in [0.717, 1.165) is 39.4 Å². The molecule has 5 rings (SSSR count). The second-order valence-corrected chi connectivity index (χ2v) is 6.83. The SMILES string of the molecule is NCc1ccc(-n2c(-c3cccnc3N)nc3ccc(-c4ccccn4)nc32)cc1. The predicted octanol–water partition coefficient (Wildman–Crippen LogP) is 3.59. The van der Waals surface area contributed by atoms with Gasteiger partial charge in [-0.3, -0.25) is 9.55 Å². The lowest BCUT2D eigenvalue weighted by molar-refractivity contribution is 1.04. The minimum atomic E-state index is 0.414. The number of rotatable bonds is 4. The Morgan fingerprint density at radius 3 is 2.33 bits per heavy atom. The van der Waals surface area contributed by atoms with Crippen LogP contribution in [0.1, 0.15) is 5.56 Å². The Kier molecular flexibility index (Phi) is 4.42. The third kappa shape index (κ3) is 3.07. The van der Waals surface area contributed by atoms with Crippen molar-refractivity contribution >= 4 is 17.0 Å². The molecule has 146 valence electrons. The van der Waals surface area contributed by atoms with Crippen molar-refractivity contribution in [3.8, 4) is 28.5 Å². The van der Waals surface area contributed by atoms with Gasteiger partial charge >= 0.3 is 0 Å². The summed E-state index contributed by atoms with van der Waals surface area (Å²) in [4.78, 5) is 18.4. The average Bonchev–Trinajstić information content (AvgIpc) is 3.18. The predicted molar refractivity (Wildman–Crippen MR) is 118 cm³/mol. The van der Waals surface area contributed by atoms with Gasteiger partial charge in [-0.1, -0.05) is 18.2 Å². The average molecular weight is 393 g/mol. The zero-order valence-corrected chi connectivity index (χ0v) is 16.1. The molecular weight excluding hydrogens is 374 g/mol. The van der Waals surface area contributed by atoms with E-state index < -0.39 is 0 Å². The van der Waals surface area contributed by atoms with Crippen molar-refractivity contribution in [1.29, 1.82) is 0 Å². The molecule has 0 bridgehead atoms. The summed E-state index contributed by atoms with van der Waals surface area (Å²) in [6.45, 7) is 0.482. The van der Waals surface area contributed by atoms with Crippen molar-refractivity contribution in [3.05, 3.63) is 84.7 Å². The van der Waals surface area contributed by atoms with E-state index in [1.807, 2.05) is 71.3 Å².